The molecule has 0 aromatic carbocycles. The van der Waals surface area contributed by atoms with Gasteiger partial charge < -0.3 is 15.5 Å². The molecule has 1 aliphatic carbocycles. The number of aliphatic hydroxyl groups is 2. The second-order valence-electron chi connectivity index (χ2n) is 10.7. The van der Waals surface area contributed by atoms with Crippen LogP contribution in [-0.4, -0.2) is 79.4 Å². The number of hydrogen-bond acceptors (Lipinski definition) is 8. The van der Waals surface area contributed by atoms with E-state index in [1.807, 2.05) is 23.6 Å². The van der Waals surface area contributed by atoms with Crippen LogP contribution in [0, 0.1) is 5.92 Å². The Morgan fingerprint density at radius 3 is 2.83 bits per heavy atom. The van der Waals surface area contributed by atoms with Gasteiger partial charge >= 0.3 is 6.18 Å². The number of halogens is 3. The van der Waals surface area contributed by atoms with Crippen LogP contribution in [0.5, 0.6) is 0 Å². The van der Waals surface area contributed by atoms with Gasteiger partial charge in [-0.15, -0.1) is 0 Å². The fraction of sp³-hybridized carbons (Fsp3) is 0.414. The first-order valence-electron chi connectivity index (χ1n) is 13.7. The Labute approximate surface area is 240 Å². The molecule has 4 atom stereocenters. The van der Waals surface area contributed by atoms with Crippen molar-refractivity contribution in [2.24, 2.45) is 10.9 Å². The molecule has 1 amide bonds. The molecule has 1 fully saturated rings. The normalized spacial score (nSPS) is 22.1. The van der Waals surface area contributed by atoms with Gasteiger partial charge in [-0.3, -0.25) is 14.1 Å². The summed E-state index contributed by atoms with van der Waals surface area (Å²) >= 11 is 0. The van der Waals surface area contributed by atoms with Gasteiger partial charge in [-0.05, 0) is 44.2 Å². The van der Waals surface area contributed by atoms with Crippen LogP contribution < -0.4 is 5.32 Å². The van der Waals surface area contributed by atoms with E-state index in [1.165, 1.54) is 0 Å². The molecule has 0 bridgehead atoms. The van der Waals surface area contributed by atoms with Crippen molar-refractivity contribution >= 4 is 29.8 Å². The van der Waals surface area contributed by atoms with Crippen molar-refractivity contribution in [3.05, 3.63) is 71.6 Å². The molecule has 1 aliphatic heterocycles. The van der Waals surface area contributed by atoms with E-state index in [2.05, 4.69) is 31.9 Å². The second-order valence-corrected chi connectivity index (χ2v) is 10.7. The van der Waals surface area contributed by atoms with Gasteiger partial charge in [0, 0.05) is 49.1 Å². The number of hydrogen-bond donors (Lipinski definition) is 3. The van der Waals surface area contributed by atoms with Crippen molar-refractivity contribution in [1.29, 1.82) is 0 Å². The number of alkyl halides is 3. The highest BCUT2D eigenvalue weighted by Gasteiger charge is 2.33. The van der Waals surface area contributed by atoms with Gasteiger partial charge in [0.15, 0.2) is 5.82 Å². The maximum atomic E-state index is 13.1. The van der Waals surface area contributed by atoms with E-state index in [9.17, 15) is 28.2 Å². The van der Waals surface area contributed by atoms with Gasteiger partial charge in [0.1, 0.15) is 17.2 Å². The summed E-state index contributed by atoms with van der Waals surface area (Å²) in [6, 6.07) is 1.64. The van der Waals surface area contributed by atoms with Gasteiger partial charge in [-0.25, -0.2) is 19.9 Å². The lowest BCUT2D eigenvalue weighted by Crippen LogP contribution is -2.40. The van der Waals surface area contributed by atoms with Gasteiger partial charge in [-0.2, -0.15) is 13.2 Å². The zero-order valence-electron chi connectivity index (χ0n) is 23.0. The third kappa shape index (κ3) is 6.13. The first kappa shape index (κ1) is 29.5. The van der Waals surface area contributed by atoms with Crippen LogP contribution in [0.1, 0.15) is 48.7 Å². The number of likely N-dealkylation sites (tertiary alicyclic amines) is 1. The topological polar surface area (TPSA) is 128 Å². The van der Waals surface area contributed by atoms with E-state index >= 15 is 0 Å². The molecule has 2 aliphatic rings. The van der Waals surface area contributed by atoms with E-state index in [-0.39, 0.29) is 30.2 Å². The largest absolute Gasteiger partial charge is 0.416 e. The predicted molar refractivity (Wildman–Crippen MR) is 151 cm³/mol. The van der Waals surface area contributed by atoms with Crippen LogP contribution in [0.4, 0.5) is 24.8 Å². The molecule has 13 heteroatoms. The summed E-state index contributed by atoms with van der Waals surface area (Å²) in [7, 11) is 0. The highest BCUT2D eigenvalue weighted by Crippen LogP contribution is 2.39. The molecule has 3 aromatic rings. The van der Waals surface area contributed by atoms with Gasteiger partial charge in [0.05, 0.1) is 24.0 Å². The Hall–Kier alpha value is -3.94. The quantitative estimate of drug-likeness (QED) is 0.344. The summed E-state index contributed by atoms with van der Waals surface area (Å²) in [5.74, 6) is 0.128. The first-order valence-corrected chi connectivity index (χ1v) is 13.7. The predicted octanol–water partition coefficient (Wildman–Crippen LogP) is 3.86. The molecular formula is C29H32F3N7O3. The number of anilines is 1. The fourth-order valence-electron chi connectivity index (χ4n) is 5.68. The van der Waals surface area contributed by atoms with Crippen molar-refractivity contribution in [3.8, 4) is 0 Å². The molecule has 3 aromatic heterocycles. The number of nitrogens with one attached hydrogen (secondary N) is 1. The van der Waals surface area contributed by atoms with Crippen molar-refractivity contribution in [1.82, 2.24) is 24.3 Å². The number of aliphatic hydroxyl groups excluding tert-OH is 2. The molecule has 3 N–H and O–H groups in total. The summed E-state index contributed by atoms with van der Waals surface area (Å²) in [5.41, 5.74) is 0.841. The van der Waals surface area contributed by atoms with E-state index < -0.39 is 23.8 Å². The maximum absolute atomic E-state index is 13.1. The van der Waals surface area contributed by atoms with Crippen molar-refractivity contribution in [3.63, 3.8) is 0 Å². The fourth-order valence-corrected chi connectivity index (χ4v) is 5.68. The number of fused-ring (bicyclic) bond motifs is 1. The highest BCUT2D eigenvalue weighted by molar-refractivity contribution is 6.05. The van der Waals surface area contributed by atoms with Gasteiger partial charge in [-0.1, -0.05) is 25.2 Å². The van der Waals surface area contributed by atoms with E-state index in [1.54, 1.807) is 18.3 Å². The maximum Gasteiger partial charge on any atom is 0.416 e. The number of β-amino-alcohol motifs (C(OH)–C–C–N with tert-alkyl or cyclic N) is 1. The summed E-state index contributed by atoms with van der Waals surface area (Å²) in [4.78, 5) is 32.5. The number of aliphatic imine (C=N–C) groups is 1. The summed E-state index contributed by atoms with van der Waals surface area (Å²) in [6.07, 6.45) is 6.18. The van der Waals surface area contributed by atoms with Crippen LogP contribution in [0.25, 0.3) is 5.52 Å². The molecular weight excluding hydrogens is 551 g/mol. The van der Waals surface area contributed by atoms with Crippen LogP contribution in [-0.2, 0) is 11.0 Å². The number of carbonyl (C=O) groups excluding carboxylic acids is 1. The third-order valence-corrected chi connectivity index (χ3v) is 7.69. The Morgan fingerprint density at radius 1 is 1.31 bits per heavy atom. The Balaban J connectivity index is 1.41. The zero-order chi connectivity index (χ0) is 30.0. The number of carbonyl (C=O) groups is 1. The summed E-state index contributed by atoms with van der Waals surface area (Å²) in [5, 5.41) is 21.7. The van der Waals surface area contributed by atoms with Crippen LogP contribution >= 0.6 is 0 Å². The smallest absolute Gasteiger partial charge is 0.394 e. The first-order chi connectivity index (χ1) is 20.1. The molecule has 42 heavy (non-hydrogen) atoms. The molecule has 0 saturated carbocycles. The van der Waals surface area contributed by atoms with Crippen LogP contribution in [0.15, 0.2) is 59.5 Å². The molecule has 4 heterocycles. The van der Waals surface area contributed by atoms with Crippen molar-refractivity contribution < 1.29 is 28.2 Å². The lowest BCUT2D eigenvalue weighted by Gasteiger charge is -2.33. The Morgan fingerprint density at radius 2 is 2.12 bits per heavy atom. The Kier molecular flexibility index (Phi) is 8.53. The van der Waals surface area contributed by atoms with Crippen molar-refractivity contribution in [2.75, 3.05) is 31.6 Å². The molecule has 0 spiro atoms. The zero-order valence-corrected chi connectivity index (χ0v) is 23.0. The number of amides is 1. The number of aromatic nitrogens is 4. The minimum absolute atomic E-state index is 0.0608. The van der Waals surface area contributed by atoms with Crippen LogP contribution in [0.2, 0.25) is 0 Å². The summed E-state index contributed by atoms with van der Waals surface area (Å²) in [6.45, 7) is 7.18. The summed E-state index contributed by atoms with van der Waals surface area (Å²) < 4.78 is 41.2. The molecule has 222 valence electrons. The van der Waals surface area contributed by atoms with E-state index in [0.717, 1.165) is 49.2 Å². The Bertz CT molecular complexity index is 1530. The molecule has 5 rings (SSSR count). The van der Waals surface area contributed by atoms with Crippen LogP contribution in [0.3, 0.4) is 0 Å². The minimum atomic E-state index is -4.55. The molecule has 10 nitrogen and oxygen atoms in total. The molecule has 4 unspecified atom stereocenters. The van der Waals surface area contributed by atoms with Crippen molar-refractivity contribution in [2.45, 2.75) is 43.9 Å². The van der Waals surface area contributed by atoms with Gasteiger partial charge in [0.25, 0.3) is 5.91 Å². The molecule has 1 saturated heterocycles. The lowest BCUT2D eigenvalue weighted by molar-refractivity contribution is -0.137. The minimum Gasteiger partial charge on any atom is -0.394 e. The third-order valence-electron chi connectivity index (χ3n) is 7.69. The standard InChI is InChI=1S/C29H32F3N7O3/c1-17-12-18(28(42)36-23-13-20(7-8-34-23)29(30,31)32)5-6-22(17)24-25-26(33-2)35-9-11-39(25)27(37-24)19-4-3-10-38(14-19)15-21(41)16-40/h5-9,11-13,17,19,21-22,40-41H,2-4,10,14-16H2,1H3,(H,34,36,42). The molecule has 0 radical (unpaired) electrons. The number of pyridine rings is 1. The van der Waals surface area contributed by atoms with E-state index in [0.29, 0.717) is 30.0 Å². The number of rotatable bonds is 8. The number of allylic oxidation sites excluding steroid dienone is 2. The number of nitrogens with zero attached hydrogens (tertiary/aromatic N) is 6. The lowest BCUT2D eigenvalue weighted by atomic mass is 9.84. The second kappa shape index (κ2) is 12.1. The highest BCUT2D eigenvalue weighted by atomic mass is 19.4. The monoisotopic (exact) mass is 583 g/mol. The average Bonchev–Trinajstić information content (AvgIpc) is 3.36. The number of imidazole rings is 1. The van der Waals surface area contributed by atoms with Gasteiger partial charge in [0.2, 0.25) is 0 Å². The van der Waals surface area contributed by atoms with E-state index in [4.69, 9.17) is 4.98 Å². The SMILES string of the molecule is C=Nc1nccn2c(C3CCCN(CC(O)CO)C3)nc(C3C=CC(C(=O)Nc4cc(C(F)(F)F)ccn4)=CC3C)c12. The number of piperidine rings is 1. The average molecular weight is 584 g/mol.